The summed E-state index contributed by atoms with van der Waals surface area (Å²) in [6, 6.07) is 11.2. The summed E-state index contributed by atoms with van der Waals surface area (Å²) in [5, 5.41) is 19.6. The standard InChI is InChI=1S/C14H9FN4O3/c15-11-5-2-6-12(19(21)22)13(11)14(20)18-17-10-4-1-3-9(7-10)8-16/h1-7,17H,(H,18,20). The van der Waals surface area contributed by atoms with Crippen molar-refractivity contribution in [2.24, 2.45) is 0 Å². The van der Waals surface area contributed by atoms with Crippen molar-refractivity contribution in [1.29, 1.82) is 5.26 Å². The average molecular weight is 300 g/mol. The number of benzene rings is 2. The Morgan fingerprint density at radius 1 is 1.27 bits per heavy atom. The number of nitro groups is 1. The minimum Gasteiger partial charge on any atom is -0.298 e. The number of amides is 1. The van der Waals surface area contributed by atoms with E-state index in [-0.39, 0.29) is 0 Å². The molecule has 8 heteroatoms. The maximum absolute atomic E-state index is 13.7. The third kappa shape index (κ3) is 3.16. The first-order valence-electron chi connectivity index (χ1n) is 6.02. The van der Waals surface area contributed by atoms with Gasteiger partial charge in [-0.1, -0.05) is 12.1 Å². The van der Waals surface area contributed by atoms with E-state index in [4.69, 9.17) is 5.26 Å². The zero-order chi connectivity index (χ0) is 16.1. The van der Waals surface area contributed by atoms with Crippen LogP contribution in [-0.4, -0.2) is 10.8 Å². The Morgan fingerprint density at radius 2 is 2.00 bits per heavy atom. The molecule has 0 bridgehead atoms. The van der Waals surface area contributed by atoms with Gasteiger partial charge in [0.25, 0.3) is 11.6 Å². The SMILES string of the molecule is N#Cc1cccc(NNC(=O)c2c(F)cccc2[N+](=O)[O-])c1. The van der Waals surface area contributed by atoms with Gasteiger partial charge in [0.1, 0.15) is 5.82 Å². The lowest BCUT2D eigenvalue weighted by molar-refractivity contribution is -0.385. The molecule has 0 aliphatic heterocycles. The Morgan fingerprint density at radius 3 is 2.68 bits per heavy atom. The lowest BCUT2D eigenvalue weighted by atomic mass is 10.1. The number of hydrogen-bond acceptors (Lipinski definition) is 5. The van der Waals surface area contributed by atoms with Crippen molar-refractivity contribution in [3.05, 3.63) is 69.5 Å². The van der Waals surface area contributed by atoms with Crippen LogP contribution in [0.3, 0.4) is 0 Å². The molecule has 7 nitrogen and oxygen atoms in total. The maximum Gasteiger partial charge on any atom is 0.285 e. The summed E-state index contributed by atoms with van der Waals surface area (Å²) in [5.41, 5.74) is 4.07. The van der Waals surface area contributed by atoms with Gasteiger partial charge in [0.2, 0.25) is 0 Å². The van der Waals surface area contributed by atoms with Crippen LogP contribution < -0.4 is 10.9 Å². The molecule has 0 fully saturated rings. The molecule has 1 amide bonds. The third-order valence-corrected chi connectivity index (χ3v) is 2.73. The summed E-state index contributed by atoms with van der Waals surface area (Å²) >= 11 is 0. The van der Waals surface area contributed by atoms with Gasteiger partial charge in [0.15, 0.2) is 5.56 Å². The summed E-state index contributed by atoms with van der Waals surface area (Å²) in [7, 11) is 0. The topological polar surface area (TPSA) is 108 Å². The predicted octanol–water partition coefficient (Wildman–Crippen LogP) is 2.36. The van der Waals surface area contributed by atoms with Crippen LogP contribution >= 0.6 is 0 Å². The average Bonchev–Trinajstić information content (AvgIpc) is 2.52. The van der Waals surface area contributed by atoms with E-state index in [0.717, 1.165) is 18.2 Å². The summed E-state index contributed by atoms with van der Waals surface area (Å²) in [6.07, 6.45) is 0. The molecule has 0 atom stereocenters. The molecule has 0 aliphatic rings. The summed E-state index contributed by atoms with van der Waals surface area (Å²) in [5.74, 6) is -1.99. The van der Waals surface area contributed by atoms with E-state index in [1.807, 2.05) is 6.07 Å². The number of halogens is 1. The fourth-order valence-corrected chi connectivity index (χ4v) is 1.75. The number of nitro benzene ring substituents is 1. The molecule has 0 saturated heterocycles. The van der Waals surface area contributed by atoms with Crippen LogP contribution in [0.4, 0.5) is 15.8 Å². The molecule has 2 N–H and O–H groups in total. The highest BCUT2D eigenvalue weighted by Crippen LogP contribution is 2.21. The number of rotatable bonds is 4. The largest absolute Gasteiger partial charge is 0.298 e. The Kier molecular flexibility index (Phi) is 4.29. The quantitative estimate of drug-likeness (QED) is 0.665. The van der Waals surface area contributed by atoms with Crippen LogP contribution in [0.2, 0.25) is 0 Å². The van der Waals surface area contributed by atoms with E-state index in [1.54, 1.807) is 18.2 Å². The minimum absolute atomic E-state index is 0.358. The Labute approximate surface area is 124 Å². The van der Waals surface area contributed by atoms with Crippen molar-refractivity contribution in [2.45, 2.75) is 0 Å². The van der Waals surface area contributed by atoms with E-state index >= 15 is 0 Å². The lowest BCUT2D eigenvalue weighted by Gasteiger charge is -2.09. The Balaban J connectivity index is 2.20. The van der Waals surface area contributed by atoms with E-state index < -0.39 is 27.9 Å². The van der Waals surface area contributed by atoms with Gasteiger partial charge >= 0.3 is 0 Å². The van der Waals surface area contributed by atoms with Crippen molar-refractivity contribution in [3.63, 3.8) is 0 Å². The molecule has 0 saturated carbocycles. The van der Waals surface area contributed by atoms with E-state index in [1.165, 1.54) is 6.07 Å². The van der Waals surface area contributed by atoms with Crippen LogP contribution in [0, 0.1) is 27.3 Å². The summed E-state index contributed by atoms with van der Waals surface area (Å²) < 4.78 is 13.7. The van der Waals surface area contributed by atoms with Crippen LogP contribution in [0.15, 0.2) is 42.5 Å². The van der Waals surface area contributed by atoms with Crippen molar-refractivity contribution in [3.8, 4) is 6.07 Å². The predicted molar refractivity (Wildman–Crippen MR) is 75.3 cm³/mol. The molecule has 110 valence electrons. The molecule has 22 heavy (non-hydrogen) atoms. The number of nitriles is 1. The van der Waals surface area contributed by atoms with Crippen LogP contribution in [0.1, 0.15) is 15.9 Å². The summed E-state index contributed by atoms with van der Waals surface area (Å²) in [6.45, 7) is 0. The van der Waals surface area contributed by atoms with Gasteiger partial charge in [0.05, 0.1) is 22.2 Å². The molecule has 2 rings (SSSR count). The number of nitrogens with one attached hydrogen (secondary N) is 2. The van der Waals surface area contributed by atoms with E-state index in [0.29, 0.717) is 11.3 Å². The highest BCUT2D eigenvalue weighted by atomic mass is 19.1. The second-order valence-corrected chi connectivity index (χ2v) is 4.16. The Hall–Kier alpha value is -3.47. The first-order valence-corrected chi connectivity index (χ1v) is 6.02. The fourth-order valence-electron chi connectivity index (χ4n) is 1.75. The normalized spacial score (nSPS) is 9.64. The Bertz CT molecular complexity index is 786. The van der Waals surface area contributed by atoms with Gasteiger partial charge in [0, 0.05) is 6.07 Å². The van der Waals surface area contributed by atoms with Gasteiger partial charge in [-0.05, 0) is 24.3 Å². The molecular weight excluding hydrogens is 291 g/mol. The van der Waals surface area contributed by atoms with E-state index in [2.05, 4.69) is 10.9 Å². The maximum atomic E-state index is 13.7. The van der Waals surface area contributed by atoms with Crippen molar-refractivity contribution in [2.75, 3.05) is 5.43 Å². The first-order chi connectivity index (χ1) is 10.5. The number of hydrazine groups is 1. The molecule has 0 aromatic heterocycles. The number of carbonyl (C=O) groups is 1. The molecule has 0 spiro atoms. The molecule has 0 unspecified atom stereocenters. The zero-order valence-corrected chi connectivity index (χ0v) is 11.0. The summed E-state index contributed by atoms with van der Waals surface area (Å²) in [4.78, 5) is 21.9. The van der Waals surface area contributed by atoms with Gasteiger partial charge in [-0.25, -0.2) is 4.39 Å². The number of nitrogens with zero attached hydrogens (tertiary/aromatic N) is 2. The molecule has 2 aromatic carbocycles. The number of hydrogen-bond donors (Lipinski definition) is 2. The van der Waals surface area contributed by atoms with Crippen molar-refractivity contribution < 1.29 is 14.1 Å². The fraction of sp³-hybridized carbons (Fsp3) is 0. The van der Waals surface area contributed by atoms with Crippen molar-refractivity contribution >= 4 is 17.3 Å². The number of carbonyl (C=O) groups excluding carboxylic acids is 1. The highest BCUT2D eigenvalue weighted by molar-refractivity contribution is 5.99. The van der Waals surface area contributed by atoms with Crippen LogP contribution in [0.5, 0.6) is 0 Å². The highest BCUT2D eigenvalue weighted by Gasteiger charge is 2.24. The van der Waals surface area contributed by atoms with E-state index in [9.17, 15) is 19.3 Å². The second kappa shape index (κ2) is 6.32. The smallest absolute Gasteiger partial charge is 0.285 e. The third-order valence-electron chi connectivity index (χ3n) is 2.73. The van der Waals surface area contributed by atoms with Gasteiger partial charge in [-0.3, -0.25) is 25.8 Å². The lowest BCUT2D eigenvalue weighted by Crippen LogP contribution is -2.30. The second-order valence-electron chi connectivity index (χ2n) is 4.16. The van der Waals surface area contributed by atoms with Crippen LogP contribution in [-0.2, 0) is 0 Å². The monoisotopic (exact) mass is 300 g/mol. The van der Waals surface area contributed by atoms with Gasteiger partial charge in [-0.2, -0.15) is 5.26 Å². The van der Waals surface area contributed by atoms with Crippen molar-refractivity contribution in [1.82, 2.24) is 5.43 Å². The first kappa shape index (κ1) is 14.9. The van der Waals surface area contributed by atoms with Gasteiger partial charge < -0.3 is 0 Å². The molecule has 0 heterocycles. The molecular formula is C14H9FN4O3. The molecule has 0 aliphatic carbocycles. The van der Waals surface area contributed by atoms with Crippen LogP contribution in [0.25, 0.3) is 0 Å². The molecule has 2 aromatic rings. The minimum atomic E-state index is -1.00. The zero-order valence-electron chi connectivity index (χ0n) is 11.0. The van der Waals surface area contributed by atoms with Gasteiger partial charge in [-0.15, -0.1) is 0 Å². The number of anilines is 1. The molecule has 0 radical (unpaired) electrons.